The highest BCUT2D eigenvalue weighted by Crippen LogP contribution is 2.29. The highest BCUT2D eigenvalue weighted by Gasteiger charge is 2.31. The molecule has 2 heterocycles. The lowest BCUT2D eigenvalue weighted by Crippen LogP contribution is -2.38. The first-order valence-corrected chi connectivity index (χ1v) is 8.12. The number of nitrogens with one attached hydrogen (secondary N) is 2. The van der Waals surface area contributed by atoms with E-state index in [2.05, 4.69) is 10.6 Å². The molecule has 1 aromatic carbocycles. The molecule has 2 fully saturated rings. The molecule has 21 heavy (non-hydrogen) atoms. The average Bonchev–Trinajstić information content (AvgIpc) is 2.96. The largest absolute Gasteiger partial charge is 0.387 e. The van der Waals surface area contributed by atoms with Gasteiger partial charge in [-0.15, -0.1) is 0 Å². The summed E-state index contributed by atoms with van der Waals surface area (Å²) < 4.78 is 13.3. The molecular weight excluding hydrogens is 267 g/mol. The third-order valence-corrected chi connectivity index (χ3v) is 4.86. The Hall–Kier alpha value is -0.970. The number of piperidine rings is 1. The predicted molar refractivity (Wildman–Crippen MR) is 81.5 cm³/mol. The quantitative estimate of drug-likeness (QED) is 0.798. The number of hydrogen-bond acceptors (Lipinski definition) is 3. The molecule has 2 aliphatic heterocycles. The lowest BCUT2D eigenvalue weighted by Gasteiger charge is -2.26. The van der Waals surface area contributed by atoms with E-state index in [0.29, 0.717) is 11.6 Å². The summed E-state index contributed by atoms with van der Waals surface area (Å²) >= 11 is 0. The number of benzene rings is 1. The summed E-state index contributed by atoms with van der Waals surface area (Å²) in [6.45, 7) is 2.27. The topological polar surface area (TPSA) is 44.3 Å². The van der Waals surface area contributed by atoms with Crippen LogP contribution in [0.4, 0.5) is 4.39 Å². The van der Waals surface area contributed by atoms with Crippen LogP contribution in [-0.2, 0) is 0 Å². The van der Waals surface area contributed by atoms with Gasteiger partial charge in [0.1, 0.15) is 5.82 Å². The Morgan fingerprint density at radius 3 is 2.95 bits per heavy atom. The number of hydrogen-bond donors (Lipinski definition) is 3. The van der Waals surface area contributed by atoms with Crippen LogP contribution in [0.1, 0.15) is 43.8 Å². The lowest BCUT2D eigenvalue weighted by atomic mass is 9.92. The summed E-state index contributed by atoms with van der Waals surface area (Å²) in [4.78, 5) is 0. The van der Waals surface area contributed by atoms with E-state index in [1.54, 1.807) is 12.1 Å². The smallest absolute Gasteiger partial charge is 0.123 e. The van der Waals surface area contributed by atoms with Crippen LogP contribution in [-0.4, -0.2) is 30.3 Å². The lowest BCUT2D eigenvalue weighted by molar-refractivity contribution is 0.133. The van der Waals surface area contributed by atoms with E-state index < -0.39 is 6.10 Å². The highest BCUT2D eigenvalue weighted by molar-refractivity contribution is 5.20. The maximum absolute atomic E-state index is 13.3. The van der Waals surface area contributed by atoms with Crippen LogP contribution in [0.5, 0.6) is 0 Å². The van der Waals surface area contributed by atoms with Crippen molar-refractivity contribution in [1.29, 1.82) is 0 Å². The Labute approximate surface area is 125 Å². The second kappa shape index (κ2) is 6.86. The normalized spacial score (nSPS) is 31.2. The number of aliphatic hydroxyl groups excluding tert-OH is 1. The van der Waals surface area contributed by atoms with E-state index in [9.17, 15) is 9.50 Å². The summed E-state index contributed by atoms with van der Waals surface area (Å²) in [6, 6.07) is 6.85. The molecule has 116 valence electrons. The molecule has 0 bridgehead atoms. The molecule has 2 saturated heterocycles. The van der Waals surface area contributed by atoms with E-state index in [1.807, 2.05) is 0 Å². The predicted octanol–water partition coefficient (Wildman–Crippen LogP) is 2.37. The van der Waals surface area contributed by atoms with Crippen LogP contribution < -0.4 is 10.6 Å². The van der Waals surface area contributed by atoms with Crippen molar-refractivity contribution in [3.05, 3.63) is 35.6 Å². The molecule has 0 saturated carbocycles. The van der Waals surface area contributed by atoms with Gasteiger partial charge in [0.2, 0.25) is 0 Å². The van der Waals surface area contributed by atoms with Gasteiger partial charge < -0.3 is 15.7 Å². The summed E-state index contributed by atoms with van der Waals surface area (Å²) in [6.07, 6.45) is 5.21. The third kappa shape index (κ3) is 3.82. The fourth-order valence-corrected chi connectivity index (χ4v) is 3.74. The highest BCUT2D eigenvalue weighted by atomic mass is 19.1. The van der Waals surface area contributed by atoms with E-state index in [4.69, 9.17) is 0 Å². The van der Waals surface area contributed by atoms with Crippen LogP contribution in [0, 0.1) is 11.7 Å². The first-order chi connectivity index (χ1) is 10.2. The molecular formula is C17H25FN2O. The van der Waals surface area contributed by atoms with Crippen molar-refractivity contribution in [2.24, 2.45) is 5.92 Å². The SMILES string of the molecule is O[C@@H](c1cccc(F)c1)[C@H]1CC[C@@H](C[C@@H]2CCCNC2)N1. The van der Waals surface area contributed by atoms with Crippen molar-refractivity contribution < 1.29 is 9.50 Å². The minimum Gasteiger partial charge on any atom is -0.387 e. The van der Waals surface area contributed by atoms with Gasteiger partial charge in [0.05, 0.1) is 6.10 Å². The van der Waals surface area contributed by atoms with Gasteiger partial charge in [-0.1, -0.05) is 12.1 Å². The van der Waals surface area contributed by atoms with Gasteiger partial charge in [0.15, 0.2) is 0 Å². The zero-order chi connectivity index (χ0) is 14.7. The van der Waals surface area contributed by atoms with E-state index in [1.165, 1.54) is 31.4 Å². The molecule has 1 aromatic rings. The van der Waals surface area contributed by atoms with Gasteiger partial charge in [-0.2, -0.15) is 0 Å². The molecule has 0 unspecified atom stereocenters. The van der Waals surface area contributed by atoms with E-state index >= 15 is 0 Å². The van der Waals surface area contributed by atoms with Crippen LogP contribution in [0.15, 0.2) is 24.3 Å². The second-order valence-corrected chi connectivity index (χ2v) is 6.50. The molecule has 0 aliphatic carbocycles. The first-order valence-electron chi connectivity index (χ1n) is 8.12. The average molecular weight is 292 g/mol. The first kappa shape index (κ1) is 14.9. The van der Waals surface area contributed by atoms with Crippen LogP contribution in [0.2, 0.25) is 0 Å². The monoisotopic (exact) mass is 292 g/mol. The molecule has 0 amide bonds. The molecule has 3 nitrogen and oxygen atoms in total. The zero-order valence-electron chi connectivity index (χ0n) is 12.4. The molecule has 4 atom stereocenters. The van der Waals surface area contributed by atoms with Crippen LogP contribution in [0.25, 0.3) is 0 Å². The molecule has 3 N–H and O–H groups in total. The fourth-order valence-electron chi connectivity index (χ4n) is 3.74. The van der Waals surface area contributed by atoms with Gasteiger partial charge in [0, 0.05) is 12.1 Å². The van der Waals surface area contributed by atoms with Gasteiger partial charge in [-0.25, -0.2) is 4.39 Å². The van der Waals surface area contributed by atoms with Gasteiger partial charge >= 0.3 is 0 Å². The zero-order valence-corrected chi connectivity index (χ0v) is 12.4. The summed E-state index contributed by atoms with van der Waals surface area (Å²) in [5, 5.41) is 17.4. The Balaban J connectivity index is 1.53. The van der Waals surface area contributed by atoms with Crippen molar-refractivity contribution in [2.45, 2.75) is 50.3 Å². The molecule has 4 heteroatoms. The standard InChI is InChI=1S/C17H25FN2O/c18-14-5-1-4-13(10-14)17(21)16-7-6-15(20-16)9-12-3-2-8-19-11-12/h1,4-5,10,12,15-17,19-21H,2-3,6-9,11H2/t12-,15-,16+,17-/m0/s1. The van der Waals surface area contributed by atoms with Crippen molar-refractivity contribution in [3.8, 4) is 0 Å². The maximum atomic E-state index is 13.3. The number of rotatable bonds is 4. The van der Waals surface area contributed by atoms with E-state index in [0.717, 1.165) is 31.8 Å². The van der Waals surface area contributed by atoms with Crippen molar-refractivity contribution in [1.82, 2.24) is 10.6 Å². The minimum absolute atomic E-state index is 0.0494. The number of halogens is 1. The molecule has 3 rings (SSSR count). The van der Waals surface area contributed by atoms with Crippen molar-refractivity contribution in [2.75, 3.05) is 13.1 Å². The molecule has 2 aliphatic rings. The van der Waals surface area contributed by atoms with Crippen LogP contribution >= 0.6 is 0 Å². The van der Waals surface area contributed by atoms with Gasteiger partial charge in [0.25, 0.3) is 0 Å². The Morgan fingerprint density at radius 1 is 1.29 bits per heavy atom. The fraction of sp³-hybridized carbons (Fsp3) is 0.647. The van der Waals surface area contributed by atoms with Crippen molar-refractivity contribution in [3.63, 3.8) is 0 Å². The van der Waals surface area contributed by atoms with E-state index in [-0.39, 0.29) is 11.9 Å². The number of aliphatic hydroxyl groups is 1. The summed E-state index contributed by atoms with van der Waals surface area (Å²) in [5.74, 6) is 0.468. The second-order valence-electron chi connectivity index (χ2n) is 6.50. The van der Waals surface area contributed by atoms with Gasteiger partial charge in [-0.05, 0) is 68.8 Å². The molecule has 0 spiro atoms. The summed E-state index contributed by atoms with van der Waals surface area (Å²) in [5.41, 5.74) is 0.674. The molecule has 0 aromatic heterocycles. The Bertz CT molecular complexity index is 462. The Morgan fingerprint density at radius 2 is 2.19 bits per heavy atom. The third-order valence-electron chi connectivity index (χ3n) is 4.86. The molecule has 0 radical (unpaired) electrons. The van der Waals surface area contributed by atoms with Gasteiger partial charge in [-0.3, -0.25) is 0 Å². The summed E-state index contributed by atoms with van der Waals surface area (Å²) in [7, 11) is 0. The minimum atomic E-state index is -0.616. The van der Waals surface area contributed by atoms with Crippen LogP contribution in [0.3, 0.4) is 0 Å². The van der Waals surface area contributed by atoms with Crippen molar-refractivity contribution >= 4 is 0 Å². The maximum Gasteiger partial charge on any atom is 0.123 e. The Kier molecular flexibility index (Phi) is 4.88.